The smallest absolute Gasteiger partial charge is 0.393 e. The summed E-state index contributed by atoms with van der Waals surface area (Å²) < 4.78 is 60.4. The van der Waals surface area contributed by atoms with Crippen molar-refractivity contribution >= 4 is 44.6 Å². The molecule has 0 spiro atoms. The molecule has 0 aliphatic carbocycles. The zero-order valence-corrected chi connectivity index (χ0v) is 20.3. The van der Waals surface area contributed by atoms with Crippen molar-refractivity contribution in [2.24, 2.45) is 0 Å². The van der Waals surface area contributed by atoms with Crippen molar-refractivity contribution in [1.29, 1.82) is 0 Å². The van der Waals surface area contributed by atoms with Gasteiger partial charge in [0.1, 0.15) is 11.6 Å². The van der Waals surface area contributed by atoms with Gasteiger partial charge in [-0.25, -0.2) is 4.39 Å². The first-order valence-electron chi connectivity index (χ1n) is 10.1. The Bertz CT molecular complexity index is 1150. The third-order valence-electron chi connectivity index (χ3n) is 5.25. The summed E-state index contributed by atoms with van der Waals surface area (Å²) in [5.41, 5.74) is 2.30. The number of hydrogen-bond donors (Lipinski definition) is 0. The monoisotopic (exact) mass is 547 g/mol. The number of thiophene rings is 1. The number of halogens is 6. The van der Waals surface area contributed by atoms with E-state index in [2.05, 4.69) is 15.9 Å². The van der Waals surface area contributed by atoms with E-state index < -0.39 is 24.6 Å². The maximum Gasteiger partial charge on any atom is 0.393 e. The van der Waals surface area contributed by atoms with Crippen LogP contribution in [0.1, 0.15) is 47.0 Å². The standard InChI is InChI=1S/C21H13BrClF4NOS.C2H6/c22-11-1-3-15-10(5-11)6-16-19-14(24)7-12(23)8-17(19)29-20(28(15)16)18-4-2-13(30-18)9-21(25,26)27;1-2/h1-5,7-8,16,20H,6,9H2;1-2H3. The van der Waals surface area contributed by atoms with Crippen molar-refractivity contribution in [3.63, 3.8) is 0 Å². The molecule has 1 aromatic heterocycles. The van der Waals surface area contributed by atoms with E-state index in [9.17, 15) is 17.6 Å². The molecule has 170 valence electrons. The molecule has 3 aromatic rings. The van der Waals surface area contributed by atoms with Gasteiger partial charge in [-0.3, -0.25) is 0 Å². The molecule has 0 saturated heterocycles. The molecule has 0 N–H and O–H groups in total. The van der Waals surface area contributed by atoms with E-state index in [0.717, 1.165) is 27.1 Å². The minimum Gasteiger partial charge on any atom is -0.465 e. The number of rotatable bonds is 2. The van der Waals surface area contributed by atoms with Gasteiger partial charge in [0, 0.05) is 20.1 Å². The Labute approximate surface area is 200 Å². The van der Waals surface area contributed by atoms with Gasteiger partial charge in [-0.2, -0.15) is 13.2 Å². The molecule has 2 unspecified atom stereocenters. The number of fused-ring (bicyclic) bond motifs is 5. The third-order valence-corrected chi connectivity index (χ3v) is 7.08. The van der Waals surface area contributed by atoms with Crippen LogP contribution in [-0.4, -0.2) is 6.18 Å². The molecule has 5 rings (SSSR count). The highest BCUT2D eigenvalue weighted by atomic mass is 79.9. The first-order chi connectivity index (χ1) is 15.2. The zero-order chi connectivity index (χ0) is 23.2. The Morgan fingerprint density at radius 1 is 1.16 bits per heavy atom. The molecule has 2 nitrogen and oxygen atoms in total. The van der Waals surface area contributed by atoms with Crippen molar-refractivity contribution in [3.05, 3.63) is 78.7 Å². The van der Waals surface area contributed by atoms with Gasteiger partial charge in [0.05, 0.1) is 22.9 Å². The molecular weight excluding hydrogens is 530 g/mol. The van der Waals surface area contributed by atoms with Crippen LogP contribution in [0.2, 0.25) is 5.02 Å². The van der Waals surface area contributed by atoms with Crippen LogP contribution in [0.5, 0.6) is 5.75 Å². The van der Waals surface area contributed by atoms with E-state index in [0.29, 0.717) is 22.6 Å². The van der Waals surface area contributed by atoms with Crippen molar-refractivity contribution in [2.75, 3.05) is 4.90 Å². The molecule has 2 aliphatic heterocycles. The van der Waals surface area contributed by atoms with E-state index in [1.807, 2.05) is 36.9 Å². The SMILES string of the molecule is CC.Fc1cc(Cl)cc2c1C1Cc3cc(Br)ccc3N1C(c1ccc(CC(F)(F)F)s1)O2. The molecule has 3 heterocycles. The molecule has 0 radical (unpaired) electrons. The van der Waals surface area contributed by atoms with Crippen LogP contribution in [0.15, 0.2) is 46.9 Å². The van der Waals surface area contributed by atoms with Crippen LogP contribution in [0, 0.1) is 5.82 Å². The van der Waals surface area contributed by atoms with Crippen LogP contribution in [-0.2, 0) is 12.8 Å². The van der Waals surface area contributed by atoms with E-state index in [4.69, 9.17) is 16.3 Å². The number of benzene rings is 2. The summed E-state index contributed by atoms with van der Waals surface area (Å²) in [5, 5.41) is 0.209. The van der Waals surface area contributed by atoms with Gasteiger partial charge in [0.15, 0.2) is 0 Å². The van der Waals surface area contributed by atoms with Crippen LogP contribution in [0.4, 0.5) is 23.2 Å². The Hall–Kier alpha value is -1.77. The Morgan fingerprint density at radius 3 is 2.62 bits per heavy atom. The Balaban J connectivity index is 0.00000119. The van der Waals surface area contributed by atoms with Crippen LogP contribution >= 0.6 is 38.9 Å². The second-order valence-electron chi connectivity index (χ2n) is 7.27. The quantitative estimate of drug-likeness (QED) is 0.297. The predicted molar refractivity (Wildman–Crippen MR) is 123 cm³/mol. The van der Waals surface area contributed by atoms with Crippen molar-refractivity contribution in [2.45, 2.75) is 45.1 Å². The van der Waals surface area contributed by atoms with Gasteiger partial charge in [-0.1, -0.05) is 41.4 Å². The summed E-state index contributed by atoms with van der Waals surface area (Å²) >= 11 is 10.6. The Morgan fingerprint density at radius 2 is 1.91 bits per heavy atom. The molecule has 2 aliphatic rings. The Kier molecular flexibility index (Phi) is 6.49. The van der Waals surface area contributed by atoms with Crippen LogP contribution < -0.4 is 9.64 Å². The van der Waals surface area contributed by atoms with Gasteiger partial charge in [0.2, 0.25) is 6.23 Å². The average molecular weight is 549 g/mol. The van der Waals surface area contributed by atoms with E-state index in [-0.39, 0.29) is 15.9 Å². The van der Waals surface area contributed by atoms with Gasteiger partial charge >= 0.3 is 6.18 Å². The summed E-state index contributed by atoms with van der Waals surface area (Å²) in [6.07, 6.45) is -5.39. The molecule has 0 fully saturated rings. The maximum absolute atomic E-state index is 14.9. The van der Waals surface area contributed by atoms with Gasteiger partial charge in [0.25, 0.3) is 0 Å². The second-order valence-corrected chi connectivity index (χ2v) is 9.82. The fourth-order valence-electron chi connectivity index (χ4n) is 4.15. The van der Waals surface area contributed by atoms with Gasteiger partial charge in [-0.15, -0.1) is 11.3 Å². The number of ether oxygens (including phenoxy) is 1. The lowest BCUT2D eigenvalue weighted by Crippen LogP contribution is -2.37. The lowest BCUT2D eigenvalue weighted by molar-refractivity contribution is -0.126. The molecule has 0 saturated carbocycles. The van der Waals surface area contributed by atoms with Crippen molar-refractivity contribution in [3.8, 4) is 5.75 Å². The van der Waals surface area contributed by atoms with Gasteiger partial charge < -0.3 is 9.64 Å². The summed E-state index contributed by atoms with van der Waals surface area (Å²) in [6.45, 7) is 4.00. The summed E-state index contributed by atoms with van der Waals surface area (Å²) in [7, 11) is 0. The van der Waals surface area contributed by atoms with Crippen LogP contribution in [0.25, 0.3) is 0 Å². The zero-order valence-electron chi connectivity index (χ0n) is 17.1. The molecule has 2 aromatic carbocycles. The van der Waals surface area contributed by atoms with E-state index >= 15 is 0 Å². The first-order valence-corrected chi connectivity index (χ1v) is 12.1. The summed E-state index contributed by atoms with van der Waals surface area (Å²) in [5.74, 6) is -0.134. The van der Waals surface area contributed by atoms with E-state index in [1.54, 1.807) is 12.1 Å². The molecular formula is C23H19BrClF4NOS. The summed E-state index contributed by atoms with van der Waals surface area (Å²) in [4.78, 5) is 2.78. The fraction of sp³-hybridized carbons (Fsp3) is 0.304. The topological polar surface area (TPSA) is 12.5 Å². The lowest BCUT2D eigenvalue weighted by Gasteiger charge is -2.40. The minimum absolute atomic E-state index is 0.205. The number of anilines is 1. The van der Waals surface area contributed by atoms with Gasteiger partial charge in [-0.05, 0) is 54.4 Å². The number of nitrogens with zero attached hydrogens (tertiary/aromatic N) is 1. The largest absolute Gasteiger partial charge is 0.465 e. The number of alkyl halides is 3. The van der Waals surface area contributed by atoms with Crippen molar-refractivity contribution < 1.29 is 22.3 Å². The highest BCUT2D eigenvalue weighted by Crippen LogP contribution is 2.54. The number of hydrogen-bond acceptors (Lipinski definition) is 3. The maximum atomic E-state index is 14.9. The molecule has 9 heteroatoms. The molecule has 2 atom stereocenters. The highest BCUT2D eigenvalue weighted by Gasteiger charge is 2.44. The van der Waals surface area contributed by atoms with Crippen molar-refractivity contribution in [1.82, 2.24) is 0 Å². The third kappa shape index (κ3) is 4.37. The minimum atomic E-state index is -4.28. The van der Waals surface area contributed by atoms with Crippen LogP contribution in [0.3, 0.4) is 0 Å². The second kappa shape index (κ2) is 8.88. The summed E-state index contributed by atoms with van der Waals surface area (Å²) in [6, 6.07) is 11.4. The molecule has 0 bridgehead atoms. The fourth-order valence-corrected chi connectivity index (χ4v) is 5.83. The first kappa shape index (κ1) is 23.4. The lowest BCUT2D eigenvalue weighted by atomic mass is 9.99. The predicted octanol–water partition coefficient (Wildman–Crippen LogP) is 8.63. The molecule has 0 amide bonds. The normalized spacial score (nSPS) is 18.8. The average Bonchev–Trinajstić information content (AvgIpc) is 3.31. The highest BCUT2D eigenvalue weighted by molar-refractivity contribution is 9.10. The van der Waals surface area contributed by atoms with E-state index in [1.165, 1.54) is 12.1 Å². The molecule has 32 heavy (non-hydrogen) atoms.